The molecule has 1 aliphatic carbocycles. The lowest BCUT2D eigenvalue weighted by atomic mass is 10.1. The van der Waals surface area contributed by atoms with E-state index in [1.165, 1.54) is 24.8 Å². The van der Waals surface area contributed by atoms with Crippen LogP contribution in [0.5, 0.6) is 0 Å². The number of aromatic amines is 1. The zero-order valence-corrected chi connectivity index (χ0v) is 11.6. The molecule has 0 saturated carbocycles. The van der Waals surface area contributed by atoms with Crippen molar-refractivity contribution in [2.45, 2.75) is 32.1 Å². The molecule has 3 nitrogen and oxygen atoms in total. The van der Waals surface area contributed by atoms with Gasteiger partial charge in [-0.2, -0.15) is 0 Å². The first-order chi connectivity index (χ1) is 9.83. The summed E-state index contributed by atoms with van der Waals surface area (Å²) in [5.74, 6) is 0.105. The Morgan fingerprint density at radius 1 is 1.30 bits per heavy atom. The summed E-state index contributed by atoms with van der Waals surface area (Å²) in [7, 11) is 0. The Hall–Kier alpha value is -2.03. The maximum Gasteiger partial charge on any atom is 0.224 e. The summed E-state index contributed by atoms with van der Waals surface area (Å²) in [5.41, 5.74) is 3.65. The van der Waals surface area contributed by atoms with Gasteiger partial charge in [0.15, 0.2) is 0 Å². The quantitative estimate of drug-likeness (QED) is 0.803. The number of hydrogen-bond donors (Lipinski definition) is 2. The molecule has 1 heterocycles. The summed E-state index contributed by atoms with van der Waals surface area (Å²) >= 11 is 0. The number of fused-ring (bicyclic) bond motifs is 1. The maximum atomic E-state index is 12.0. The third-order valence-electron chi connectivity index (χ3n) is 3.93. The summed E-state index contributed by atoms with van der Waals surface area (Å²) in [6.07, 6.45) is 9.38. The summed E-state index contributed by atoms with van der Waals surface area (Å²) < 4.78 is 0. The fourth-order valence-corrected chi connectivity index (χ4v) is 2.84. The topological polar surface area (TPSA) is 44.9 Å². The van der Waals surface area contributed by atoms with E-state index < -0.39 is 0 Å². The van der Waals surface area contributed by atoms with Crippen molar-refractivity contribution in [1.82, 2.24) is 10.3 Å². The van der Waals surface area contributed by atoms with E-state index in [-0.39, 0.29) is 5.91 Å². The van der Waals surface area contributed by atoms with Crippen molar-refractivity contribution < 1.29 is 4.79 Å². The standard InChI is InChI=1S/C17H20N2O/c20-17(18-10-9-13-5-1-2-6-13)11-14-12-19-16-8-4-3-7-15(14)16/h3-5,7-8,12,19H,1-2,6,9-11H2,(H,18,20). The molecule has 2 aromatic rings. The van der Waals surface area contributed by atoms with Gasteiger partial charge in [0.25, 0.3) is 0 Å². The van der Waals surface area contributed by atoms with Crippen molar-refractivity contribution in [2.24, 2.45) is 0 Å². The van der Waals surface area contributed by atoms with Crippen LogP contribution in [-0.4, -0.2) is 17.4 Å². The van der Waals surface area contributed by atoms with Crippen LogP contribution in [0.25, 0.3) is 10.9 Å². The molecule has 1 amide bonds. The molecule has 0 saturated heterocycles. The highest BCUT2D eigenvalue weighted by molar-refractivity contribution is 5.88. The second-order valence-corrected chi connectivity index (χ2v) is 5.39. The van der Waals surface area contributed by atoms with Crippen LogP contribution in [0.15, 0.2) is 42.1 Å². The number of nitrogens with one attached hydrogen (secondary N) is 2. The molecule has 2 N–H and O–H groups in total. The summed E-state index contributed by atoms with van der Waals surface area (Å²) in [6.45, 7) is 0.757. The predicted molar refractivity (Wildman–Crippen MR) is 81.6 cm³/mol. The Labute approximate surface area is 119 Å². The number of rotatable bonds is 5. The fourth-order valence-electron chi connectivity index (χ4n) is 2.84. The van der Waals surface area contributed by atoms with E-state index in [0.717, 1.165) is 29.4 Å². The van der Waals surface area contributed by atoms with Crippen molar-refractivity contribution in [1.29, 1.82) is 0 Å². The van der Waals surface area contributed by atoms with Gasteiger partial charge in [-0.25, -0.2) is 0 Å². The molecule has 0 atom stereocenters. The lowest BCUT2D eigenvalue weighted by Gasteiger charge is -2.05. The van der Waals surface area contributed by atoms with Crippen LogP contribution in [-0.2, 0) is 11.2 Å². The van der Waals surface area contributed by atoms with Crippen LogP contribution in [0, 0.1) is 0 Å². The molecule has 0 radical (unpaired) electrons. The van der Waals surface area contributed by atoms with Crippen LogP contribution in [0.1, 0.15) is 31.2 Å². The SMILES string of the molecule is O=C(Cc1c[nH]c2ccccc12)NCCC1=CCCC1. The molecule has 0 bridgehead atoms. The fraction of sp³-hybridized carbons (Fsp3) is 0.353. The summed E-state index contributed by atoms with van der Waals surface area (Å²) in [5, 5.41) is 4.16. The number of carbonyl (C=O) groups is 1. The van der Waals surface area contributed by atoms with Gasteiger partial charge in [0, 0.05) is 23.6 Å². The molecular weight excluding hydrogens is 248 g/mol. The van der Waals surface area contributed by atoms with Crippen LogP contribution in [0.4, 0.5) is 0 Å². The smallest absolute Gasteiger partial charge is 0.224 e. The normalized spacial score (nSPS) is 14.5. The van der Waals surface area contributed by atoms with Gasteiger partial charge in [-0.1, -0.05) is 29.8 Å². The number of aromatic nitrogens is 1. The van der Waals surface area contributed by atoms with Gasteiger partial charge in [0.2, 0.25) is 5.91 Å². The molecule has 1 aromatic carbocycles. The Bertz CT molecular complexity index is 639. The number of allylic oxidation sites excluding steroid dienone is 1. The molecule has 0 spiro atoms. The minimum absolute atomic E-state index is 0.105. The van der Waals surface area contributed by atoms with Gasteiger partial charge >= 0.3 is 0 Å². The second-order valence-electron chi connectivity index (χ2n) is 5.39. The Kier molecular flexibility index (Phi) is 3.86. The molecule has 3 heteroatoms. The lowest BCUT2D eigenvalue weighted by Crippen LogP contribution is -2.26. The highest BCUT2D eigenvalue weighted by atomic mass is 16.1. The minimum Gasteiger partial charge on any atom is -0.361 e. The summed E-state index contributed by atoms with van der Waals surface area (Å²) in [6, 6.07) is 8.09. The third-order valence-corrected chi connectivity index (χ3v) is 3.93. The number of hydrogen-bond acceptors (Lipinski definition) is 1. The van der Waals surface area contributed by atoms with Crippen molar-refractivity contribution in [3.8, 4) is 0 Å². The van der Waals surface area contributed by atoms with Crippen molar-refractivity contribution in [3.05, 3.63) is 47.7 Å². The molecule has 3 rings (SSSR count). The Balaban J connectivity index is 1.53. The monoisotopic (exact) mass is 268 g/mol. The van der Waals surface area contributed by atoms with Crippen LogP contribution in [0.3, 0.4) is 0 Å². The molecule has 0 unspecified atom stereocenters. The number of amides is 1. The van der Waals surface area contributed by atoms with Gasteiger partial charge < -0.3 is 10.3 Å². The number of benzene rings is 1. The Morgan fingerprint density at radius 3 is 3.05 bits per heavy atom. The van der Waals surface area contributed by atoms with Gasteiger partial charge in [0.05, 0.1) is 6.42 Å². The van der Waals surface area contributed by atoms with E-state index in [1.807, 2.05) is 24.4 Å². The predicted octanol–water partition coefficient (Wildman–Crippen LogP) is 3.33. The number of H-pyrrole nitrogens is 1. The van der Waals surface area contributed by atoms with E-state index >= 15 is 0 Å². The third kappa shape index (κ3) is 2.93. The first-order valence-electron chi connectivity index (χ1n) is 7.32. The number of para-hydroxylation sites is 1. The highest BCUT2D eigenvalue weighted by Gasteiger charge is 2.09. The van der Waals surface area contributed by atoms with Gasteiger partial charge in [0.1, 0.15) is 0 Å². The lowest BCUT2D eigenvalue weighted by molar-refractivity contribution is -0.120. The van der Waals surface area contributed by atoms with Crippen LogP contribution in [0.2, 0.25) is 0 Å². The van der Waals surface area contributed by atoms with Crippen LogP contribution < -0.4 is 5.32 Å². The van der Waals surface area contributed by atoms with E-state index in [1.54, 1.807) is 0 Å². The van der Waals surface area contributed by atoms with E-state index in [4.69, 9.17) is 0 Å². The highest BCUT2D eigenvalue weighted by Crippen LogP contribution is 2.20. The molecule has 0 aliphatic heterocycles. The number of carbonyl (C=O) groups excluding carboxylic acids is 1. The van der Waals surface area contributed by atoms with E-state index in [9.17, 15) is 4.79 Å². The van der Waals surface area contributed by atoms with Crippen LogP contribution >= 0.6 is 0 Å². The average molecular weight is 268 g/mol. The van der Waals surface area contributed by atoms with Crippen molar-refractivity contribution >= 4 is 16.8 Å². The van der Waals surface area contributed by atoms with Gasteiger partial charge in [-0.15, -0.1) is 0 Å². The van der Waals surface area contributed by atoms with Gasteiger partial charge in [-0.3, -0.25) is 4.79 Å². The molecule has 0 fully saturated rings. The molecular formula is C17H20N2O. The minimum atomic E-state index is 0.105. The van der Waals surface area contributed by atoms with Crippen molar-refractivity contribution in [2.75, 3.05) is 6.54 Å². The second kappa shape index (κ2) is 5.95. The summed E-state index contributed by atoms with van der Waals surface area (Å²) in [4.78, 5) is 15.2. The molecule has 1 aliphatic rings. The maximum absolute atomic E-state index is 12.0. The van der Waals surface area contributed by atoms with E-state index in [2.05, 4.69) is 22.4 Å². The largest absolute Gasteiger partial charge is 0.361 e. The molecule has 20 heavy (non-hydrogen) atoms. The average Bonchev–Trinajstić information content (AvgIpc) is 3.09. The zero-order chi connectivity index (χ0) is 13.8. The Morgan fingerprint density at radius 2 is 2.20 bits per heavy atom. The van der Waals surface area contributed by atoms with Crippen molar-refractivity contribution in [3.63, 3.8) is 0 Å². The van der Waals surface area contributed by atoms with Gasteiger partial charge in [-0.05, 0) is 37.3 Å². The van der Waals surface area contributed by atoms with E-state index in [0.29, 0.717) is 6.42 Å². The first-order valence-corrected chi connectivity index (χ1v) is 7.32. The molecule has 1 aromatic heterocycles. The first kappa shape index (κ1) is 13.0. The zero-order valence-electron chi connectivity index (χ0n) is 11.6. The molecule has 104 valence electrons.